The summed E-state index contributed by atoms with van der Waals surface area (Å²) in [4.78, 5) is 15.0. The number of carbonyl (C=O) groups excluding carboxylic acids is 1. The Labute approximate surface area is 83.0 Å². The summed E-state index contributed by atoms with van der Waals surface area (Å²) in [5.74, 6) is 0. The lowest BCUT2D eigenvalue weighted by Gasteiger charge is -2.06. The Hall–Kier alpha value is -1.10. The SMILES string of the molecule is CCOCC1CC(CCOC=O)=NO1. The van der Waals surface area contributed by atoms with Crippen molar-refractivity contribution in [2.45, 2.75) is 25.9 Å². The Morgan fingerprint density at radius 1 is 1.71 bits per heavy atom. The molecule has 1 rings (SSSR count). The topological polar surface area (TPSA) is 57.1 Å². The van der Waals surface area contributed by atoms with Gasteiger partial charge in [0.15, 0.2) is 6.10 Å². The quantitative estimate of drug-likeness (QED) is 0.450. The standard InChI is InChI=1S/C9H15NO4/c1-2-12-6-9-5-8(10-14-9)3-4-13-7-11/h7,9H,2-6H2,1H3. The molecule has 14 heavy (non-hydrogen) atoms. The molecule has 0 amide bonds. The van der Waals surface area contributed by atoms with Crippen molar-refractivity contribution >= 4 is 12.2 Å². The third-order valence-corrected chi connectivity index (χ3v) is 1.88. The zero-order valence-corrected chi connectivity index (χ0v) is 8.27. The van der Waals surface area contributed by atoms with Gasteiger partial charge >= 0.3 is 0 Å². The van der Waals surface area contributed by atoms with Gasteiger partial charge in [-0.05, 0) is 6.92 Å². The van der Waals surface area contributed by atoms with Crippen molar-refractivity contribution in [3.05, 3.63) is 0 Å². The van der Waals surface area contributed by atoms with Gasteiger partial charge in [-0.15, -0.1) is 0 Å². The van der Waals surface area contributed by atoms with E-state index in [0.717, 1.165) is 12.1 Å². The molecule has 0 saturated carbocycles. The highest BCUT2D eigenvalue weighted by Gasteiger charge is 2.20. The Balaban J connectivity index is 2.09. The molecule has 1 aliphatic heterocycles. The van der Waals surface area contributed by atoms with Gasteiger partial charge in [-0.1, -0.05) is 5.16 Å². The van der Waals surface area contributed by atoms with Crippen LogP contribution in [0.4, 0.5) is 0 Å². The molecular weight excluding hydrogens is 186 g/mol. The second kappa shape index (κ2) is 6.37. The van der Waals surface area contributed by atoms with Crippen LogP contribution in [0.15, 0.2) is 5.16 Å². The number of hydrogen-bond acceptors (Lipinski definition) is 5. The highest BCUT2D eigenvalue weighted by atomic mass is 16.7. The van der Waals surface area contributed by atoms with Crippen LogP contribution < -0.4 is 0 Å². The normalized spacial score (nSPS) is 20.1. The molecule has 0 bridgehead atoms. The van der Waals surface area contributed by atoms with E-state index in [1.807, 2.05) is 6.92 Å². The van der Waals surface area contributed by atoms with Gasteiger partial charge in [-0.3, -0.25) is 4.79 Å². The van der Waals surface area contributed by atoms with Crippen LogP contribution in [0.1, 0.15) is 19.8 Å². The zero-order chi connectivity index (χ0) is 10.2. The molecule has 0 radical (unpaired) electrons. The van der Waals surface area contributed by atoms with E-state index < -0.39 is 0 Å². The van der Waals surface area contributed by atoms with Gasteiger partial charge in [0.2, 0.25) is 0 Å². The molecule has 0 aliphatic carbocycles. The average molecular weight is 201 g/mol. The summed E-state index contributed by atoms with van der Waals surface area (Å²) in [6, 6.07) is 0. The number of ether oxygens (including phenoxy) is 2. The molecule has 5 heteroatoms. The van der Waals surface area contributed by atoms with Gasteiger partial charge in [0.25, 0.3) is 6.47 Å². The van der Waals surface area contributed by atoms with E-state index in [2.05, 4.69) is 9.89 Å². The number of oxime groups is 1. The molecule has 0 aromatic carbocycles. The maximum Gasteiger partial charge on any atom is 0.293 e. The van der Waals surface area contributed by atoms with Crippen LogP contribution >= 0.6 is 0 Å². The lowest BCUT2D eigenvalue weighted by atomic mass is 10.1. The van der Waals surface area contributed by atoms with Crippen molar-refractivity contribution in [3.8, 4) is 0 Å². The van der Waals surface area contributed by atoms with Gasteiger partial charge in [0.05, 0.1) is 18.9 Å². The average Bonchev–Trinajstić information content (AvgIpc) is 2.63. The maximum atomic E-state index is 9.87. The van der Waals surface area contributed by atoms with Gasteiger partial charge in [-0.2, -0.15) is 0 Å². The maximum absolute atomic E-state index is 9.87. The first-order chi connectivity index (χ1) is 6.86. The smallest absolute Gasteiger partial charge is 0.293 e. The first-order valence-corrected chi connectivity index (χ1v) is 4.71. The Morgan fingerprint density at radius 3 is 3.29 bits per heavy atom. The fourth-order valence-electron chi connectivity index (χ4n) is 1.20. The lowest BCUT2D eigenvalue weighted by Crippen LogP contribution is -2.16. The molecule has 1 unspecified atom stereocenters. The number of hydrogen-bond donors (Lipinski definition) is 0. The van der Waals surface area contributed by atoms with Gasteiger partial charge in [0.1, 0.15) is 0 Å². The van der Waals surface area contributed by atoms with Crippen LogP contribution in [0.3, 0.4) is 0 Å². The van der Waals surface area contributed by atoms with E-state index in [1.165, 1.54) is 0 Å². The summed E-state index contributed by atoms with van der Waals surface area (Å²) in [6.07, 6.45) is 1.44. The summed E-state index contributed by atoms with van der Waals surface area (Å²) < 4.78 is 9.77. The molecule has 0 saturated heterocycles. The fourth-order valence-corrected chi connectivity index (χ4v) is 1.20. The van der Waals surface area contributed by atoms with E-state index in [0.29, 0.717) is 32.7 Å². The second-order valence-corrected chi connectivity index (χ2v) is 2.97. The Morgan fingerprint density at radius 2 is 2.57 bits per heavy atom. The molecule has 5 nitrogen and oxygen atoms in total. The molecule has 1 heterocycles. The summed E-state index contributed by atoms with van der Waals surface area (Å²) in [5, 5.41) is 3.88. The minimum absolute atomic E-state index is 0.0289. The fraction of sp³-hybridized carbons (Fsp3) is 0.778. The van der Waals surface area contributed by atoms with Crippen molar-refractivity contribution < 1.29 is 19.1 Å². The number of rotatable bonds is 7. The molecule has 1 aliphatic rings. The van der Waals surface area contributed by atoms with Crippen LogP contribution in [0.25, 0.3) is 0 Å². The Bertz CT molecular complexity index is 205. The number of carbonyl (C=O) groups is 1. The predicted octanol–water partition coefficient (Wildman–Crippen LogP) is 0.731. The highest BCUT2D eigenvalue weighted by Crippen LogP contribution is 2.12. The molecule has 0 fully saturated rings. The van der Waals surface area contributed by atoms with Crippen LogP contribution in [0.2, 0.25) is 0 Å². The third kappa shape index (κ3) is 3.74. The van der Waals surface area contributed by atoms with E-state index in [-0.39, 0.29) is 6.10 Å². The summed E-state index contributed by atoms with van der Waals surface area (Å²) in [5.41, 5.74) is 0.927. The first kappa shape index (κ1) is 11.0. The van der Waals surface area contributed by atoms with Crippen molar-refractivity contribution in [3.63, 3.8) is 0 Å². The van der Waals surface area contributed by atoms with Crippen molar-refractivity contribution in [1.29, 1.82) is 0 Å². The molecule has 0 aromatic heterocycles. The van der Waals surface area contributed by atoms with Crippen LogP contribution in [0, 0.1) is 0 Å². The Kier molecular flexibility index (Phi) is 4.99. The zero-order valence-electron chi connectivity index (χ0n) is 8.27. The van der Waals surface area contributed by atoms with E-state index in [9.17, 15) is 4.79 Å². The van der Waals surface area contributed by atoms with E-state index in [4.69, 9.17) is 9.57 Å². The summed E-state index contributed by atoms with van der Waals surface area (Å²) >= 11 is 0. The van der Waals surface area contributed by atoms with Crippen LogP contribution in [-0.2, 0) is 19.1 Å². The van der Waals surface area contributed by atoms with Gasteiger partial charge in [0, 0.05) is 19.4 Å². The first-order valence-electron chi connectivity index (χ1n) is 4.71. The van der Waals surface area contributed by atoms with Crippen molar-refractivity contribution in [1.82, 2.24) is 0 Å². The second-order valence-electron chi connectivity index (χ2n) is 2.97. The lowest BCUT2D eigenvalue weighted by molar-refractivity contribution is -0.128. The molecule has 80 valence electrons. The van der Waals surface area contributed by atoms with E-state index >= 15 is 0 Å². The summed E-state index contributed by atoms with van der Waals surface area (Å²) in [7, 11) is 0. The third-order valence-electron chi connectivity index (χ3n) is 1.88. The largest absolute Gasteiger partial charge is 0.467 e. The summed E-state index contributed by atoms with van der Waals surface area (Å²) in [6.45, 7) is 4.00. The van der Waals surface area contributed by atoms with Crippen molar-refractivity contribution in [2.75, 3.05) is 19.8 Å². The monoisotopic (exact) mass is 201 g/mol. The molecule has 1 atom stereocenters. The van der Waals surface area contributed by atoms with Crippen LogP contribution in [0.5, 0.6) is 0 Å². The number of nitrogens with zero attached hydrogens (tertiary/aromatic N) is 1. The molecule has 0 aromatic rings. The predicted molar refractivity (Wildman–Crippen MR) is 50.1 cm³/mol. The minimum Gasteiger partial charge on any atom is -0.467 e. The molecular formula is C9H15NO4. The van der Waals surface area contributed by atoms with Gasteiger partial charge in [-0.25, -0.2) is 0 Å². The van der Waals surface area contributed by atoms with Gasteiger partial charge < -0.3 is 14.3 Å². The highest BCUT2D eigenvalue weighted by molar-refractivity contribution is 5.85. The minimum atomic E-state index is 0.0289. The molecule has 0 spiro atoms. The van der Waals surface area contributed by atoms with Crippen molar-refractivity contribution in [2.24, 2.45) is 5.16 Å². The van der Waals surface area contributed by atoms with E-state index in [1.54, 1.807) is 0 Å². The van der Waals surface area contributed by atoms with Crippen LogP contribution in [-0.4, -0.2) is 38.1 Å². The molecule has 0 N–H and O–H groups in total.